The summed E-state index contributed by atoms with van der Waals surface area (Å²) >= 11 is 0. The lowest BCUT2D eigenvalue weighted by Crippen LogP contribution is -2.43. The fraction of sp³-hybridized carbons (Fsp3) is 0.615. The standard InChI is InChI=1S/C26H39NO6/c1-5-6-8-13-23(28)25(30)21(17-20-11-9-7-10-12-20)18-24(29)22(16-19(2)3)27-26(31)33-15-14-32-4/h7,9-12,19,21-22H,5-6,8,13-18H2,1-4H3,(H,27,31)/t21-,22+/m1/s1. The van der Waals surface area contributed by atoms with Gasteiger partial charge in [-0.05, 0) is 30.7 Å². The summed E-state index contributed by atoms with van der Waals surface area (Å²) in [7, 11) is 1.50. The van der Waals surface area contributed by atoms with Gasteiger partial charge in [0, 0.05) is 25.9 Å². The van der Waals surface area contributed by atoms with Gasteiger partial charge >= 0.3 is 6.09 Å². The summed E-state index contributed by atoms with van der Waals surface area (Å²) in [6.07, 6.45) is 2.61. The highest BCUT2D eigenvalue weighted by Crippen LogP contribution is 2.19. The van der Waals surface area contributed by atoms with Crippen LogP contribution in [0.1, 0.15) is 64.9 Å². The first-order valence-corrected chi connectivity index (χ1v) is 11.8. The summed E-state index contributed by atoms with van der Waals surface area (Å²) in [5, 5.41) is 2.62. The minimum Gasteiger partial charge on any atom is -0.447 e. The number of hydrogen-bond donors (Lipinski definition) is 1. The number of alkyl carbamates (subject to hydrolysis) is 1. The second kappa shape index (κ2) is 16.1. The largest absolute Gasteiger partial charge is 0.447 e. The number of amides is 1. The van der Waals surface area contributed by atoms with Crippen LogP contribution in [0.4, 0.5) is 4.79 Å². The smallest absolute Gasteiger partial charge is 0.407 e. The minimum absolute atomic E-state index is 0.0757. The molecule has 0 spiro atoms. The van der Waals surface area contributed by atoms with Crippen molar-refractivity contribution in [3.05, 3.63) is 35.9 Å². The summed E-state index contributed by atoms with van der Waals surface area (Å²) in [6.45, 7) is 6.26. The molecule has 0 radical (unpaired) electrons. The van der Waals surface area contributed by atoms with Crippen molar-refractivity contribution in [1.82, 2.24) is 5.32 Å². The van der Waals surface area contributed by atoms with E-state index < -0.39 is 29.6 Å². The molecular formula is C26H39NO6. The summed E-state index contributed by atoms with van der Waals surface area (Å²) < 4.78 is 9.90. The van der Waals surface area contributed by atoms with Crippen molar-refractivity contribution in [2.45, 2.75) is 71.8 Å². The van der Waals surface area contributed by atoms with E-state index in [9.17, 15) is 19.2 Å². The van der Waals surface area contributed by atoms with Crippen LogP contribution in [0, 0.1) is 11.8 Å². The zero-order chi connectivity index (χ0) is 24.6. The van der Waals surface area contributed by atoms with E-state index in [0.717, 1.165) is 18.4 Å². The van der Waals surface area contributed by atoms with Crippen molar-refractivity contribution >= 4 is 23.4 Å². The van der Waals surface area contributed by atoms with Gasteiger partial charge in [0.25, 0.3) is 0 Å². The van der Waals surface area contributed by atoms with Crippen LogP contribution in [-0.4, -0.2) is 49.8 Å². The zero-order valence-corrected chi connectivity index (χ0v) is 20.4. The van der Waals surface area contributed by atoms with Crippen molar-refractivity contribution < 1.29 is 28.7 Å². The number of ether oxygens (including phenoxy) is 2. The topological polar surface area (TPSA) is 98.8 Å². The molecule has 1 N–H and O–H groups in total. The Morgan fingerprint density at radius 3 is 2.30 bits per heavy atom. The van der Waals surface area contributed by atoms with Crippen molar-refractivity contribution in [3.8, 4) is 0 Å². The second-order valence-corrected chi connectivity index (χ2v) is 8.76. The number of carbonyl (C=O) groups is 4. The molecule has 0 aliphatic rings. The molecule has 0 aromatic heterocycles. The van der Waals surface area contributed by atoms with Crippen LogP contribution in [0.3, 0.4) is 0 Å². The molecule has 0 saturated carbocycles. The predicted molar refractivity (Wildman–Crippen MR) is 127 cm³/mol. The molecule has 7 nitrogen and oxygen atoms in total. The van der Waals surface area contributed by atoms with Gasteiger partial charge in [0.1, 0.15) is 6.61 Å². The molecule has 0 aliphatic heterocycles. The normalized spacial score (nSPS) is 12.8. The first-order valence-electron chi connectivity index (χ1n) is 11.8. The van der Waals surface area contributed by atoms with Gasteiger partial charge in [0.05, 0.1) is 12.6 Å². The van der Waals surface area contributed by atoms with E-state index in [-0.39, 0.29) is 37.8 Å². The molecular weight excluding hydrogens is 422 g/mol. The Balaban J connectivity index is 2.95. The summed E-state index contributed by atoms with van der Waals surface area (Å²) in [5.74, 6) is -1.82. The molecule has 1 amide bonds. The number of unbranched alkanes of at least 4 members (excludes halogenated alkanes) is 2. The summed E-state index contributed by atoms with van der Waals surface area (Å²) in [4.78, 5) is 50.8. The molecule has 1 rings (SSSR count). The van der Waals surface area contributed by atoms with E-state index in [0.29, 0.717) is 19.3 Å². The van der Waals surface area contributed by atoms with E-state index in [4.69, 9.17) is 9.47 Å². The van der Waals surface area contributed by atoms with Crippen molar-refractivity contribution in [1.29, 1.82) is 0 Å². The first-order chi connectivity index (χ1) is 15.8. The Hall–Kier alpha value is -2.54. The molecule has 0 fully saturated rings. The Kier molecular flexibility index (Phi) is 13.9. The van der Waals surface area contributed by atoms with E-state index in [1.165, 1.54) is 7.11 Å². The molecule has 0 heterocycles. The second-order valence-electron chi connectivity index (χ2n) is 8.76. The molecule has 0 aliphatic carbocycles. The van der Waals surface area contributed by atoms with Gasteiger partial charge in [-0.25, -0.2) is 4.79 Å². The number of Topliss-reactive ketones (excluding diaryl/α,β-unsaturated/α-hetero) is 3. The third-order valence-electron chi connectivity index (χ3n) is 5.33. The van der Waals surface area contributed by atoms with Crippen molar-refractivity contribution in [2.75, 3.05) is 20.3 Å². The number of carbonyl (C=O) groups excluding carboxylic acids is 4. The van der Waals surface area contributed by atoms with Crippen LogP contribution in [0.2, 0.25) is 0 Å². The van der Waals surface area contributed by atoms with Gasteiger partial charge in [0.2, 0.25) is 5.78 Å². The Labute approximate surface area is 197 Å². The van der Waals surface area contributed by atoms with Crippen molar-refractivity contribution in [2.24, 2.45) is 11.8 Å². The molecule has 184 valence electrons. The van der Waals surface area contributed by atoms with Gasteiger partial charge in [-0.15, -0.1) is 0 Å². The maximum Gasteiger partial charge on any atom is 0.407 e. The lowest BCUT2D eigenvalue weighted by molar-refractivity contribution is -0.140. The molecule has 7 heteroatoms. The Morgan fingerprint density at radius 1 is 1.00 bits per heavy atom. The molecule has 0 bridgehead atoms. The highest BCUT2D eigenvalue weighted by atomic mass is 16.6. The van der Waals surface area contributed by atoms with Gasteiger partial charge < -0.3 is 14.8 Å². The monoisotopic (exact) mass is 461 g/mol. The average Bonchev–Trinajstić information content (AvgIpc) is 2.78. The van der Waals surface area contributed by atoms with E-state index >= 15 is 0 Å². The fourth-order valence-electron chi connectivity index (χ4n) is 3.57. The Bertz CT molecular complexity index is 746. The summed E-state index contributed by atoms with van der Waals surface area (Å²) in [5.41, 5.74) is 0.886. The molecule has 1 aromatic carbocycles. The molecule has 0 saturated heterocycles. The number of benzene rings is 1. The third kappa shape index (κ3) is 11.8. The maximum absolute atomic E-state index is 13.2. The quantitative estimate of drug-likeness (QED) is 0.274. The van der Waals surface area contributed by atoms with Crippen LogP contribution in [-0.2, 0) is 30.3 Å². The maximum atomic E-state index is 13.2. The van der Waals surface area contributed by atoms with Gasteiger partial charge in [-0.1, -0.05) is 63.9 Å². The van der Waals surface area contributed by atoms with Crippen LogP contribution >= 0.6 is 0 Å². The van der Waals surface area contributed by atoms with E-state index in [1.807, 2.05) is 51.1 Å². The lowest BCUT2D eigenvalue weighted by atomic mass is 9.85. The Morgan fingerprint density at radius 2 is 1.70 bits per heavy atom. The van der Waals surface area contributed by atoms with Gasteiger partial charge in [-0.3, -0.25) is 14.4 Å². The number of ketones is 3. The van der Waals surface area contributed by atoms with Crippen LogP contribution < -0.4 is 5.32 Å². The number of hydrogen-bond acceptors (Lipinski definition) is 6. The average molecular weight is 462 g/mol. The first kappa shape index (κ1) is 28.5. The minimum atomic E-state index is -0.790. The van der Waals surface area contributed by atoms with E-state index in [1.54, 1.807) is 0 Å². The van der Waals surface area contributed by atoms with E-state index in [2.05, 4.69) is 5.32 Å². The molecule has 1 aromatic rings. The number of nitrogens with one attached hydrogen (secondary N) is 1. The highest BCUT2D eigenvalue weighted by molar-refractivity contribution is 6.38. The summed E-state index contributed by atoms with van der Waals surface area (Å²) in [6, 6.07) is 8.56. The molecule has 0 unspecified atom stereocenters. The van der Waals surface area contributed by atoms with Crippen LogP contribution in [0.15, 0.2) is 30.3 Å². The van der Waals surface area contributed by atoms with Gasteiger partial charge in [0.15, 0.2) is 11.6 Å². The predicted octanol–water partition coefficient (Wildman–Crippen LogP) is 4.31. The van der Waals surface area contributed by atoms with Crippen LogP contribution in [0.25, 0.3) is 0 Å². The SMILES string of the molecule is CCCCCC(=O)C(=O)[C@@H](CC(=O)[C@H](CC(C)C)NC(=O)OCCOC)Cc1ccccc1. The van der Waals surface area contributed by atoms with Gasteiger partial charge in [-0.2, -0.15) is 0 Å². The molecule has 33 heavy (non-hydrogen) atoms. The number of methoxy groups -OCH3 is 1. The fourth-order valence-corrected chi connectivity index (χ4v) is 3.57. The van der Waals surface area contributed by atoms with Crippen molar-refractivity contribution in [3.63, 3.8) is 0 Å². The number of rotatable bonds is 17. The third-order valence-corrected chi connectivity index (χ3v) is 5.33. The lowest BCUT2D eigenvalue weighted by Gasteiger charge is -2.22. The van der Waals surface area contributed by atoms with Crippen LogP contribution in [0.5, 0.6) is 0 Å². The highest BCUT2D eigenvalue weighted by Gasteiger charge is 2.31. The molecule has 2 atom stereocenters. The zero-order valence-electron chi connectivity index (χ0n) is 20.4.